The van der Waals surface area contributed by atoms with E-state index >= 15 is 0 Å². The fourth-order valence-electron chi connectivity index (χ4n) is 1.90. The lowest BCUT2D eigenvalue weighted by Crippen LogP contribution is -2.13. The van der Waals surface area contributed by atoms with Crippen LogP contribution in [-0.4, -0.2) is 25.0 Å². The molecule has 4 nitrogen and oxygen atoms in total. The van der Waals surface area contributed by atoms with Crippen LogP contribution in [0.2, 0.25) is 0 Å². The Hall–Kier alpha value is -2.17. The van der Waals surface area contributed by atoms with E-state index < -0.39 is 11.7 Å². The highest BCUT2D eigenvalue weighted by molar-refractivity contribution is 6.00. The second kappa shape index (κ2) is 4.25. The van der Waals surface area contributed by atoms with Crippen molar-refractivity contribution >= 4 is 22.5 Å². The topological polar surface area (TPSA) is 59.2 Å². The smallest absolute Gasteiger partial charge is 0.248 e. The van der Waals surface area contributed by atoms with Crippen molar-refractivity contribution in [3.63, 3.8) is 0 Å². The summed E-state index contributed by atoms with van der Waals surface area (Å²) in [6, 6.07) is 4.53. The van der Waals surface area contributed by atoms with E-state index in [1.807, 2.05) is 25.1 Å². The second-order valence-electron chi connectivity index (χ2n) is 4.40. The first-order valence-electron chi connectivity index (χ1n) is 5.48. The number of halogens is 1. The first-order chi connectivity index (χ1) is 8.40. The zero-order valence-electron chi connectivity index (χ0n) is 10.5. The van der Waals surface area contributed by atoms with Crippen molar-refractivity contribution in [3.8, 4) is 0 Å². The maximum atomic E-state index is 13.9. The number of fused-ring (bicyclic) bond motifs is 1. The van der Waals surface area contributed by atoms with Gasteiger partial charge in [0.05, 0.1) is 0 Å². The third-order valence-electron chi connectivity index (χ3n) is 2.74. The van der Waals surface area contributed by atoms with E-state index in [0.29, 0.717) is 5.39 Å². The third-order valence-corrected chi connectivity index (χ3v) is 2.74. The summed E-state index contributed by atoms with van der Waals surface area (Å²) in [5.74, 6) is -1.19. The van der Waals surface area contributed by atoms with Crippen molar-refractivity contribution in [2.24, 2.45) is 5.73 Å². The number of carbonyl (C=O) groups is 1. The molecule has 1 amide bonds. The number of carbonyl (C=O) groups excluding carboxylic acids is 1. The number of aromatic nitrogens is 1. The lowest BCUT2D eigenvalue weighted by molar-refractivity contribution is 0.1000. The fraction of sp³-hybridized carbons (Fsp3) is 0.231. The van der Waals surface area contributed by atoms with Gasteiger partial charge in [-0.3, -0.25) is 4.79 Å². The molecule has 1 aromatic carbocycles. The Labute approximate surface area is 104 Å². The molecule has 1 heterocycles. The molecule has 0 spiro atoms. The van der Waals surface area contributed by atoms with Gasteiger partial charge in [0.15, 0.2) is 0 Å². The molecule has 0 saturated heterocycles. The van der Waals surface area contributed by atoms with Crippen LogP contribution in [0, 0.1) is 12.7 Å². The van der Waals surface area contributed by atoms with E-state index in [2.05, 4.69) is 4.98 Å². The predicted octanol–water partition coefficient (Wildman–Crippen LogP) is 1.85. The molecular weight excluding hydrogens is 233 g/mol. The number of anilines is 1. The zero-order chi connectivity index (χ0) is 13.4. The van der Waals surface area contributed by atoms with Crippen molar-refractivity contribution in [2.75, 3.05) is 19.0 Å². The number of primary amides is 1. The van der Waals surface area contributed by atoms with Crippen LogP contribution in [0.1, 0.15) is 16.1 Å². The lowest BCUT2D eigenvalue weighted by atomic mass is 10.1. The van der Waals surface area contributed by atoms with E-state index in [9.17, 15) is 9.18 Å². The fourth-order valence-corrected chi connectivity index (χ4v) is 1.90. The number of amides is 1. The Bertz CT molecular complexity index is 638. The van der Waals surface area contributed by atoms with Gasteiger partial charge in [-0.2, -0.15) is 0 Å². The third kappa shape index (κ3) is 1.99. The van der Waals surface area contributed by atoms with Crippen LogP contribution in [-0.2, 0) is 0 Å². The summed E-state index contributed by atoms with van der Waals surface area (Å²) in [5, 5.41) is 0.583. The Balaban J connectivity index is 2.88. The second-order valence-corrected chi connectivity index (χ2v) is 4.40. The number of nitrogens with zero attached hydrogens (tertiary/aromatic N) is 2. The van der Waals surface area contributed by atoms with Crippen LogP contribution in [0.25, 0.3) is 10.9 Å². The first kappa shape index (κ1) is 12.3. The molecule has 0 atom stereocenters. The minimum Gasteiger partial charge on any atom is -0.377 e. The number of benzene rings is 1. The van der Waals surface area contributed by atoms with Gasteiger partial charge in [0.25, 0.3) is 0 Å². The number of pyridine rings is 1. The van der Waals surface area contributed by atoms with Crippen LogP contribution in [0.3, 0.4) is 0 Å². The van der Waals surface area contributed by atoms with Crippen molar-refractivity contribution in [1.29, 1.82) is 0 Å². The maximum Gasteiger partial charge on any atom is 0.248 e. The summed E-state index contributed by atoms with van der Waals surface area (Å²) in [4.78, 5) is 17.2. The minimum atomic E-state index is -0.652. The van der Waals surface area contributed by atoms with Gasteiger partial charge in [-0.05, 0) is 25.1 Å². The van der Waals surface area contributed by atoms with E-state index in [1.165, 1.54) is 0 Å². The molecule has 0 aliphatic carbocycles. The quantitative estimate of drug-likeness (QED) is 0.881. The van der Waals surface area contributed by atoms with Gasteiger partial charge in [0.1, 0.15) is 11.3 Å². The average molecular weight is 247 g/mol. The first-order valence-corrected chi connectivity index (χ1v) is 5.48. The highest BCUT2D eigenvalue weighted by atomic mass is 19.1. The maximum absolute atomic E-state index is 13.9. The van der Waals surface area contributed by atoms with E-state index in [1.54, 1.807) is 13.0 Å². The molecule has 1 aromatic heterocycles. The lowest BCUT2D eigenvalue weighted by Gasteiger charge is -2.16. The van der Waals surface area contributed by atoms with Gasteiger partial charge in [-0.1, -0.05) is 0 Å². The highest BCUT2D eigenvalue weighted by Crippen LogP contribution is 2.28. The van der Waals surface area contributed by atoms with E-state index in [-0.39, 0.29) is 11.1 Å². The molecule has 2 rings (SSSR count). The number of aryl methyl sites for hydroxylation is 1. The summed E-state index contributed by atoms with van der Waals surface area (Å²) in [6.07, 6.45) is 0. The van der Waals surface area contributed by atoms with Gasteiger partial charge in [-0.15, -0.1) is 0 Å². The Morgan fingerprint density at radius 3 is 2.56 bits per heavy atom. The molecule has 0 radical (unpaired) electrons. The number of hydrogen-bond acceptors (Lipinski definition) is 3. The molecule has 0 aliphatic rings. The average Bonchev–Trinajstić information content (AvgIpc) is 2.28. The summed E-state index contributed by atoms with van der Waals surface area (Å²) < 4.78 is 13.9. The van der Waals surface area contributed by atoms with Gasteiger partial charge >= 0.3 is 0 Å². The van der Waals surface area contributed by atoms with Gasteiger partial charge < -0.3 is 10.6 Å². The number of nitrogens with two attached hydrogens (primary N) is 1. The van der Waals surface area contributed by atoms with Crippen LogP contribution >= 0.6 is 0 Å². The Kier molecular flexibility index (Phi) is 2.90. The minimum absolute atomic E-state index is 0.147. The van der Waals surface area contributed by atoms with E-state index in [4.69, 9.17) is 5.73 Å². The Morgan fingerprint density at radius 2 is 2.00 bits per heavy atom. The van der Waals surface area contributed by atoms with Gasteiger partial charge in [0, 0.05) is 36.4 Å². The number of rotatable bonds is 2. The standard InChI is InChI=1S/C13H14FN3O/c1-7-4-11(17(2)3)9-5-8(13(15)18)6-10(14)12(9)16-7/h4-6H,1-3H3,(H2,15,18). The molecule has 0 unspecified atom stereocenters. The highest BCUT2D eigenvalue weighted by Gasteiger charge is 2.13. The van der Waals surface area contributed by atoms with Crippen molar-refractivity contribution in [1.82, 2.24) is 4.98 Å². The molecule has 18 heavy (non-hydrogen) atoms. The molecule has 5 heteroatoms. The largest absolute Gasteiger partial charge is 0.377 e. The molecule has 0 saturated carbocycles. The van der Waals surface area contributed by atoms with E-state index in [0.717, 1.165) is 17.4 Å². The normalized spacial score (nSPS) is 10.7. The van der Waals surface area contributed by atoms with Crippen molar-refractivity contribution < 1.29 is 9.18 Å². The van der Waals surface area contributed by atoms with Gasteiger partial charge in [0.2, 0.25) is 5.91 Å². The van der Waals surface area contributed by atoms with Crippen LogP contribution in [0.15, 0.2) is 18.2 Å². The zero-order valence-corrected chi connectivity index (χ0v) is 10.5. The Morgan fingerprint density at radius 1 is 1.33 bits per heavy atom. The summed E-state index contributed by atoms with van der Waals surface area (Å²) in [7, 11) is 3.70. The molecular formula is C13H14FN3O. The number of hydrogen-bond donors (Lipinski definition) is 1. The molecule has 0 bridgehead atoms. The predicted molar refractivity (Wildman–Crippen MR) is 69.3 cm³/mol. The molecule has 0 fully saturated rings. The summed E-state index contributed by atoms with van der Waals surface area (Å²) in [5.41, 5.74) is 7.12. The summed E-state index contributed by atoms with van der Waals surface area (Å²) in [6.45, 7) is 1.80. The molecule has 2 aromatic rings. The van der Waals surface area contributed by atoms with Crippen molar-refractivity contribution in [3.05, 3.63) is 35.3 Å². The van der Waals surface area contributed by atoms with Gasteiger partial charge in [-0.25, -0.2) is 9.37 Å². The monoisotopic (exact) mass is 247 g/mol. The molecule has 0 aliphatic heterocycles. The summed E-state index contributed by atoms with van der Waals surface area (Å²) >= 11 is 0. The van der Waals surface area contributed by atoms with Crippen LogP contribution < -0.4 is 10.6 Å². The SMILES string of the molecule is Cc1cc(N(C)C)c2cc(C(N)=O)cc(F)c2n1. The van der Waals surface area contributed by atoms with Crippen molar-refractivity contribution in [2.45, 2.75) is 6.92 Å². The van der Waals surface area contributed by atoms with Crippen LogP contribution in [0.4, 0.5) is 10.1 Å². The van der Waals surface area contributed by atoms with Crippen LogP contribution in [0.5, 0.6) is 0 Å². The molecule has 2 N–H and O–H groups in total. The molecule has 94 valence electrons.